The standard InChI is InChI=1S/C13H20N2O3S/c1-5-13(3,4)15-12(16)11-8-10(19(14,17)18)7-6-9(11)2/h6-8H,5H2,1-4H3,(H,15,16)(H2,14,17,18). The van der Waals surface area contributed by atoms with Gasteiger partial charge in [0.15, 0.2) is 0 Å². The summed E-state index contributed by atoms with van der Waals surface area (Å²) in [7, 11) is -3.80. The Morgan fingerprint density at radius 2 is 1.95 bits per heavy atom. The average molecular weight is 284 g/mol. The molecule has 6 heteroatoms. The minimum Gasteiger partial charge on any atom is -0.347 e. The lowest BCUT2D eigenvalue weighted by atomic mass is 10.0. The third-order valence-electron chi connectivity index (χ3n) is 3.12. The fourth-order valence-corrected chi connectivity index (χ4v) is 2.03. The molecule has 0 fully saturated rings. The van der Waals surface area contributed by atoms with E-state index in [9.17, 15) is 13.2 Å². The molecule has 19 heavy (non-hydrogen) atoms. The highest BCUT2D eigenvalue weighted by Gasteiger charge is 2.21. The second-order valence-electron chi connectivity index (χ2n) is 5.21. The molecule has 106 valence electrons. The fourth-order valence-electron chi connectivity index (χ4n) is 1.49. The number of carbonyl (C=O) groups is 1. The fraction of sp³-hybridized carbons (Fsp3) is 0.462. The summed E-state index contributed by atoms with van der Waals surface area (Å²) in [4.78, 5) is 12.1. The molecule has 0 spiro atoms. The van der Waals surface area contributed by atoms with Gasteiger partial charge in [-0.2, -0.15) is 0 Å². The van der Waals surface area contributed by atoms with Gasteiger partial charge in [0, 0.05) is 11.1 Å². The van der Waals surface area contributed by atoms with E-state index < -0.39 is 10.0 Å². The Bertz CT molecular complexity index is 592. The number of nitrogens with two attached hydrogens (primary N) is 1. The number of primary sulfonamides is 1. The van der Waals surface area contributed by atoms with E-state index in [0.29, 0.717) is 11.1 Å². The molecule has 0 aliphatic heterocycles. The van der Waals surface area contributed by atoms with Gasteiger partial charge in [0.1, 0.15) is 0 Å². The molecule has 5 nitrogen and oxygen atoms in total. The van der Waals surface area contributed by atoms with Crippen LogP contribution in [-0.4, -0.2) is 19.9 Å². The minimum absolute atomic E-state index is 0.0578. The molecule has 0 aromatic heterocycles. The van der Waals surface area contributed by atoms with Crippen molar-refractivity contribution in [3.8, 4) is 0 Å². The topological polar surface area (TPSA) is 89.3 Å². The molecule has 0 radical (unpaired) electrons. The summed E-state index contributed by atoms with van der Waals surface area (Å²) in [5.41, 5.74) is 0.686. The van der Waals surface area contributed by atoms with Gasteiger partial charge in [-0.25, -0.2) is 13.6 Å². The van der Waals surface area contributed by atoms with E-state index >= 15 is 0 Å². The van der Waals surface area contributed by atoms with Crippen molar-refractivity contribution >= 4 is 15.9 Å². The van der Waals surface area contributed by atoms with Crippen LogP contribution in [0.15, 0.2) is 23.1 Å². The van der Waals surface area contributed by atoms with Gasteiger partial charge in [-0.05, 0) is 44.9 Å². The highest BCUT2D eigenvalue weighted by atomic mass is 32.2. The van der Waals surface area contributed by atoms with E-state index in [2.05, 4.69) is 5.32 Å². The quantitative estimate of drug-likeness (QED) is 0.879. The summed E-state index contributed by atoms with van der Waals surface area (Å²) in [5.74, 6) is -0.296. The number of carbonyl (C=O) groups excluding carboxylic acids is 1. The Morgan fingerprint density at radius 1 is 1.37 bits per heavy atom. The predicted molar refractivity (Wildman–Crippen MR) is 74.4 cm³/mol. The molecule has 0 aliphatic rings. The summed E-state index contributed by atoms with van der Waals surface area (Å²) >= 11 is 0. The van der Waals surface area contributed by atoms with Gasteiger partial charge in [0.25, 0.3) is 5.91 Å². The minimum atomic E-state index is -3.80. The normalized spacial score (nSPS) is 12.3. The zero-order valence-corrected chi connectivity index (χ0v) is 12.5. The molecule has 1 aromatic carbocycles. The largest absolute Gasteiger partial charge is 0.347 e. The van der Waals surface area contributed by atoms with Crippen molar-refractivity contribution in [2.24, 2.45) is 5.14 Å². The average Bonchev–Trinajstić information content (AvgIpc) is 2.27. The highest BCUT2D eigenvalue weighted by Crippen LogP contribution is 2.16. The first-order chi connectivity index (χ1) is 8.57. The smallest absolute Gasteiger partial charge is 0.252 e. The Kier molecular flexibility index (Phi) is 4.37. The van der Waals surface area contributed by atoms with E-state index in [1.807, 2.05) is 20.8 Å². The number of nitrogens with one attached hydrogen (secondary N) is 1. The summed E-state index contributed by atoms with van der Waals surface area (Å²) in [6, 6.07) is 4.28. The molecule has 1 rings (SSSR count). The number of aryl methyl sites for hydroxylation is 1. The number of benzene rings is 1. The van der Waals surface area contributed by atoms with Crippen LogP contribution in [0.2, 0.25) is 0 Å². The van der Waals surface area contributed by atoms with Crippen molar-refractivity contribution in [1.29, 1.82) is 0 Å². The molecule has 1 amide bonds. The van der Waals surface area contributed by atoms with Crippen LogP contribution in [0.5, 0.6) is 0 Å². The lowest BCUT2D eigenvalue weighted by Crippen LogP contribution is -2.43. The summed E-state index contributed by atoms with van der Waals surface area (Å²) in [6.07, 6.45) is 0.771. The van der Waals surface area contributed by atoms with Gasteiger partial charge in [0.2, 0.25) is 10.0 Å². The Labute approximate surface area is 114 Å². The first-order valence-corrected chi connectivity index (χ1v) is 7.57. The number of sulfonamides is 1. The second kappa shape index (κ2) is 5.30. The van der Waals surface area contributed by atoms with Crippen LogP contribution in [0.1, 0.15) is 43.1 Å². The molecule has 0 aliphatic carbocycles. The van der Waals surface area contributed by atoms with Crippen molar-refractivity contribution in [2.75, 3.05) is 0 Å². The first kappa shape index (κ1) is 15.7. The maximum Gasteiger partial charge on any atom is 0.252 e. The number of amides is 1. The zero-order valence-electron chi connectivity index (χ0n) is 11.6. The van der Waals surface area contributed by atoms with Crippen molar-refractivity contribution in [3.05, 3.63) is 29.3 Å². The predicted octanol–water partition coefficient (Wildman–Crippen LogP) is 1.56. The SMILES string of the molecule is CCC(C)(C)NC(=O)c1cc(S(N)(=O)=O)ccc1C. The first-order valence-electron chi connectivity index (χ1n) is 6.03. The van der Waals surface area contributed by atoms with Crippen LogP contribution >= 0.6 is 0 Å². The van der Waals surface area contributed by atoms with Gasteiger partial charge in [0.05, 0.1) is 4.90 Å². The van der Waals surface area contributed by atoms with Gasteiger partial charge in [-0.3, -0.25) is 4.79 Å². The van der Waals surface area contributed by atoms with Crippen LogP contribution in [-0.2, 0) is 10.0 Å². The molecular formula is C13H20N2O3S. The third kappa shape index (κ3) is 4.04. The molecule has 0 bridgehead atoms. The Balaban J connectivity index is 3.17. The van der Waals surface area contributed by atoms with Crippen LogP contribution in [0, 0.1) is 6.92 Å². The lowest BCUT2D eigenvalue weighted by molar-refractivity contribution is 0.0910. The number of rotatable bonds is 4. The van der Waals surface area contributed by atoms with E-state index in [4.69, 9.17) is 5.14 Å². The monoisotopic (exact) mass is 284 g/mol. The van der Waals surface area contributed by atoms with E-state index in [-0.39, 0.29) is 16.3 Å². The van der Waals surface area contributed by atoms with Crippen LogP contribution < -0.4 is 10.5 Å². The van der Waals surface area contributed by atoms with Crippen LogP contribution in [0.3, 0.4) is 0 Å². The van der Waals surface area contributed by atoms with Gasteiger partial charge in [-0.1, -0.05) is 13.0 Å². The maximum atomic E-state index is 12.2. The molecular weight excluding hydrogens is 264 g/mol. The highest BCUT2D eigenvalue weighted by molar-refractivity contribution is 7.89. The van der Waals surface area contributed by atoms with Crippen molar-refractivity contribution in [2.45, 2.75) is 44.6 Å². The zero-order chi connectivity index (χ0) is 14.8. The Hall–Kier alpha value is -1.40. The van der Waals surface area contributed by atoms with Crippen LogP contribution in [0.4, 0.5) is 0 Å². The van der Waals surface area contributed by atoms with Gasteiger partial charge >= 0.3 is 0 Å². The third-order valence-corrected chi connectivity index (χ3v) is 4.03. The van der Waals surface area contributed by atoms with E-state index in [0.717, 1.165) is 6.42 Å². The summed E-state index contributed by atoms with van der Waals surface area (Å²) in [5, 5.41) is 7.94. The molecule has 0 heterocycles. The maximum absolute atomic E-state index is 12.2. The molecule has 1 aromatic rings. The number of hydrogen-bond donors (Lipinski definition) is 2. The van der Waals surface area contributed by atoms with Crippen LogP contribution in [0.25, 0.3) is 0 Å². The Morgan fingerprint density at radius 3 is 2.42 bits per heavy atom. The van der Waals surface area contributed by atoms with Gasteiger partial charge in [-0.15, -0.1) is 0 Å². The summed E-state index contributed by atoms with van der Waals surface area (Å²) < 4.78 is 22.6. The second-order valence-corrected chi connectivity index (χ2v) is 6.77. The molecule has 0 atom stereocenters. The lowest BCUT2D eigenvalue weighted by Gasteiger charge is -2.25. The number of hydrogen-bond acceptors (Lipinski definition) is 3. The van der Waals surface area contributed by atoms with Crippen molar-refractivity contribution in [1.82, 2.24) is 5.32 Å². The van der Waals surface area contributed by atoms with Crippen molar-refractivity contribution in [3.63, 3.8) is 0 Å². The molecule has 0 saturated heterocycles. The molecule has 3 N–H and O–H groups in total. The molecule has 0 saturated carbocycles. The van der Waals surface area contributed by atoms with E-state index in [1.165, 1.54) is 12.1 Å². The summed E-state index contributed by atoms with van der Waals surface area (Å²) in [6.45, 7) is 7.53. The van der Waals surface area contributed by atoms with E-state index in [1.54, 1.807) is 13.0 Å². The van der Waals surface area contributed by atoms with Gasteiger partial charge < -0.3 is 5.32 Å². The van der Waals surface area contributed by atoms with Crippen molar-refractivity contribution < 1.29 is 13.2 Å². The molecule has 0 unspecified atom stereocenters.